The quantitative estimate of drug-likeness (QED) is 0.842. The van der Waals surface area contributed by atoms with Crippen molar-refractivity contribution in [2.75, 3.05) is 5.32 Å². The maximum atomic E-state index is 12.9. The summed E-state index contributed by atoms with van der Waals surface area (Å²) in [5.74, 6) is 0.648. The van der Waals surface area contributed by atoms with Gasteiger partial charge in [-0.15, -0.1) is 0 Å². The molecule has 1 aromatic heterocycles. The van der Waals surface area contributed by atoms with Crippen LogP contribution >= 0.6 is 0 Å². The first kappa shape index (κ1) is 12.1. The number of amides is 1. The van der Waals surface area contributed by atoms with Crippen molar-refractivity contribution in [3.63, 3.8) is 0 Å². The second-order valence-electron chi connectivity index (χ2n) is 3.78. The highest BCUT2D eigenvalue weighted by molar-refractivity contribution is 6.01. The molecule has 4 heteroatoms. The van der Waals surface area contributed by atoms with Crippen molar-refractivity contribution in [2.45, 2.75) is 6.92 Å². The van der Waals surface area contributed by atoms with E-state index in [1.54, 1.807) is 18.2 Å². The molecule has 0 aliphatic heterocycles. The van der Waals surface area contributed by atoms with Gasteiger partial charge in [0.15, 0.2) is 0 Å². The third-order valence-electron chi connectivity index (χ3n) is 2.25. The van der Waals surface area contributed by atoms with Gasteiger partial charge in [-0.05, 0) is 43.3 Å². The topological polar surface area (TPSA) is 42.2 Å². The lowest BCUT2D eigenvalue weighted by atomic mass is 10.3. The summed E-state index contributed by atoms with van der Waals surface area (Å²) in [5.41, 5.74) is 0.417. The molecule has 2 rings (SSSR count). The predicted octanol–water partition coefficient (Wildman–Crippen LogP) is 3.38. The minimum Gasteiger partial charge on any atom is -0.462 e. The number of carbonyl (C=O) groups excluding carboxylic acids is 1. The average Bonchev–Trinajstić information content (AvgIpc) is 2.73. The predicted molar refractivity (Wildman–Crippen MR) is 67.5 cm³/mol. The van der Waals surface area contributed by atoms with Crippen molar-refractivity contribution < 1.29 is 13.6 Å². The molecule has 92 valence electrons. The third kappa shape index (κ3) is 3.31. The lowest BCUT2D eigenvalue weighted by Gasteiger charge is -2.00. The molecule has 0 spiro atoms. The maximum Gasteiger partial charge on any atom is 0.248 e. The molecule has 0 saturated heterocycles. The Morgan fingerprint density at radius 1 is 1.33 bits per heavy atom. The second kappa shape index (κ2) is 5.31. The minimum absolute atomic E-state index is 0.338. The lowest BCUT2D eigenvalue weighted by molar-refractivity contribution is -0.111. The summed E-state index contributed by atoms with van der Waals surface area (Å²) >= 11 is 0. The second-order valence-corrected chi connectivity index (χ2v) is 3.78. The van der Waals surface area contributed by atoms with Crippen LogP contribution in [0.2, 0.25) is 0 Å². The number of carbonyl (C=O) groups is 1. The highest BCUT2D eigenvalue weighted by atomic mass is 19.1. The smallest absolute Gasteiger partial charge is 0.248 e. The van der Waals surface area contributed by atoms with Crippen molar-refractivity contribution >= 4 is 17.7 Å². The Kier molecular flexibility index (Phi) is 3.57. The molecular weight excluding hydrogens is 233 g/mol. The first-order valence-corrected chi connectivity index (χ1v) is 5.44. The van der Waals surface area contributed by atoms with Gasteiger partial charge in [-0.2, -0.15) is 0 Å². The fourth-order valence-electron chi connectivity index (χ4n) is 1.45. The molecule has 3 nitrogen and oxygen atoms in total. The van der Waals surface area contributed by atoms with Gasteiger partial charge < -0.3 is 9.73 Å². The van der Waals surface area contributed by atoms with E-state index in [-0.39, 0.29) is 5.91 Å². The first-order chi connectivity index (χ1) is 8.63. The highest BCUT2D eigenvalue weighted by Crippen LogP contribution is 2.10. The largest absolute Gasteiger partial charge is 0.462 e. The summed E-state index contributed by atoms with van der Waals surface area (Å²) in [7, 11) is 0. The molecule has 0 aliphatic rings. The van der Waals surface area contributed by atoms with Crippen molar-refractivity contribution in [2.24, 2.45) is 0 Å². The van der Waals surface area contributed by atoms with Crippen LogP contribution in [0.25, 0.3) is 6.08 Å². The van der Waals surface area contributed by atoms with Gasteiger partial charge in [0.1, 0.15) is 17.3 Å². The molecule has 0 aliphatic carbocycles. The van der Waals surface area contributed by atoms with Crippen LogP contribution in [0.1, 0.15) is 11.5 Å². The summed E-state index contributed by atoms with van der Waals surface area (Å²) in [5, 5.41) is 2.55. The van der Waals surface area contributed by atoms with Crippen LogP contribution in [0.4, 0.5) is 10.1 Å². The van der Waals surface area contributed by atoms with Gasteiger partial charge in [-0.3, -0.25) is 4.79 Å². The maximum absolute atomic E-state index is 12.9. The zero-order valence-electron chi connectivity index (χ0n) is 9.81. The minimum atomic E-state index is -0.390. The molecule has 0 unspecified atom stereocenters. The molecule has 2 aromatic rings. The van der Waals surface area contributed by atoms with E-state index in [2.05, 4.69) is 5.32 Å². The summed E-state index contributed by atoms with van der Waals surface area (Å²) in [4.78, 5) is 11.5. The highest BCUT2D eigenvalue weighted by Gasteiger charge is 2.00. The molecule has 1 heterocycles. The molecule has 1 amide bonds. The average molecular weight is 245 g/mol. The van der Waals surface area contributed by atoms with Crippen molar-refractivity contribution in [1.29, 1.82) is 0 Å². The van der Waals surface area contributed by atoms with Gasteiger partial charge in [-0.1, -0.05) is 6.07 Å². The normalized spacial score (nSPS) is 10.8. The fourth-order valence-corrected chi connectivity index (χ4v) is 1.45. The van der Waals surface area contributed by atoms with E-state index in [4.69, 9.17) is 4.42 Å². The Morgan fingerprint density at radius 2 is 2.17 bits per heavy atom. The third-order valence-corrected chi connectivity index (χ3v) is 2.25. The summed E-state index contributed by atoms with van der Waals surface area (Å²) in [6.07, 6.45) is 2.89. The molecule has 1 aromatic carbocycles. The zero-order valence-corrected chi connectivity index (χ0v) is 9.81. The standard InChI is InChI=1S/C14H12FNO2/c1-10-5-6-13(18-10)7-8-14(17)16-12-4-2-3-11(15)9-12/h2-9H,1H3,(H,16,17)/b8-7+. The molecule has 1 N–H and O–H groups in total. The van der Waals surface area contributed by atoms with Gasteiger partial charge in [-0.25, -0.2) is 4.39 Å². The summed E-state index contributed by atoms with van der Waals surface area (Å²) in [6.45, 7) is 1.82. The van der Waals surface area contributed by atoms with Crippen LogP contribution in [0, 0.1) is 12.7 Å². The lowest BCUT2D eigenvalue weighted by Crippen LogP contribution is -2.07. The first-order valence-electron chi connectivity index (χ1n) is 5.44. The van der Waals surface area contributed by atoms with Gasteiger partial charge in [0.2, 0.25) is 5.91 Å². The van der Waals surface area contributed by atoms with E-state index in [0.29, 0.717) is 11.4 Å². The number of rotatable bonds is 3. The van der Waals surface area contributed by atoms with Crippen LogP contribution < -0.4 is 5.32 Å². The molecule has 0 radical (unpaired) electrons. The molecule has 0 fully saturated rings. The zero-order chi connectivity index (χ0) is 13.0. The number of benzene rings is 1. The van der Waals surface area contributed by atoms with E-state index < -0.39 is 5.82 Å². The van der Waals surface area contributed by atoms with Gasteiger partial charge in [0.05, 0.1) is 0 Å². The summed E-state index contributed by atoms with van der Waals surface area (Å²) in [6, 6.07) is 9.29. The fraction of sp³-hybridized carbons (Fsp3) is 0.0714. The van der Waals surface area contributed by atoms with Crippen molar-refractivity contribution in [1.82, 2.24) is 0 Å². The Hall–Kier alpha value is -2.36. The van der Waals surface area contributed by atoms with E-state index in [1.807, 2.05) is 13.0 Å². The molecule has 0 bridgehead atoms. The molecular formula is C14H12FNO2. The number of halogens is 1. The molecule has 0 saturated carbocycles. The summed E-state index contributed by atoms with van der Waals surface area (Å²) < 4.78 is 18.2. The Bertz CT molecular complexity index is 587. The van der Waals surface area contributed by atoms with Crippen molar-refractivity contribution in [3.05, 3.63) is 59.8 Å². The number of nitrogens with one attached hydrogen (secondary N) is 1. The van der Waals surface area contributed by atoms with E-state index in [0.717, 1.165) is 5.76 Å². The van der Waals surface area contributed by atoms with E-state index >= 15 is 0 Å². The van der Waals surface area contributed by atoms with Crippen LogP contribution in [0.15, 0.2) is 46.9 Å². The number of hydrogen-bond acceptors (Lipinski definition) is 2. The van der Waals surface area contributed by atoms with Crippen LogP contribution in [0.5, 0.6) is 0 Å². The van der Waals surface area contributed by atoms with E-state index in [9.17, 15) is 9.18 Å². The SMILES string of the molecule is Cc1ccc(/C=C/C(=O)Nc2cccc(F)c2)o1. The Balaban J connectivity index is 1.98. The van der Waals surface area contributed by atoms with Crippen LogP contribution in [0.3, 0.4) is 0 Å². The Morgan fingerprint density at radius 3 is 2.83 bits per heavy atom. The van der Waals surface area contributed by atoms with Gasteiger partial charge in [0.25, 0.3) is 0 Å². The van der Waals surface area contributed by atoms with Crippen LogP contribution in [-0.2, 0) is 4.79 Å². The number of anilines is 1. The van der Waals surface area contributed by atoms with Crippen molar-refractivity contribution in [3.8, 4) is 0 Å². The monoisotopic (exact) mass is 245 g/mol. The van der Waals surface area contributed by atoms with Crippen LogP contribution in [-0.4, -0.2) is 5.91 Å². The number of aryl methyl sites for hydroxylation is 1. The Labute approximate surface area is 104 Å². The molecule has 18 heavy (non-hydrogen) atoms. The van der Waals surface area contributed by atoms with Gasteiger partial charge >= 0.3 is 0 Å². The molecule has 0 atom stereocenters. The van der Waals surface area contributed by atoms with E-state index in [1.165, 1.54) is 24.3 Å². The number of hydrogen-bond donors (Lipinski definition) is 1. The number of furan rings is 1. The van der Waals surface area contributed by atoms with Gasteiger partial charge in [0, 0.05) is 11.8 Å².